The number of benzene rings is 1. The van der Waals surface area contributed by atoms with Crippen LogP contribution in [0.2, 0.25) is 0 Å². The molecule has 7 atom stereocenters. The Morgan fingerprint density at radius 3 is 2.73 bits per heavy atom. The van der Waals surface area contributed by atoms with Crippen molar-refractivity contribution in [3.05, 3.63) is 35.9 Å². The fourth-order valence-electron chi connectivity index (χ4n) is 4.89. The summed E-state index contributed by atoms with van der Waals surface area (Å²) in [6.07, 6.45) is 0.881. The molecule has 0 aromatic heterocycles. The highest BCUT2D eigenvalue weighted by molar-refractivity contribution is 5.83. The lowest BCUT2D eigenvalue weighted by Crippen LogP contribution is -2.48. The van der Waals surface area contributed by atoms with E-state index in [9.17, 15) is 9.90 Å². The molecule has 1 aromatic carbocycles. The van der Waals surface area contributed by atoms with Gasteiger partial charge in [-0.2, -0.15) is 0 Å². The third kappa shape index (κ3) is 1.87. The van der Waals surface area contributed by atoms with Crippen LogP contribution in [0.1, 0.15) is 19.4 Å². The molecular formula is C18H23NO3. The van der Waals surface area contributed by atoms with Crippen molar-refractivity contribution in [2.75, 3.05) is 6.61 Å². The minimum absolute atomic E-state index is 0.0274. The first-order valence-electron chi connectivity index (χ1n) is 8.19. The van der Waals surface area contributed by atoms with Crippen LogP contribution in [-0.4, -0.2) is 35.4 Å². The molecular weight excluding hydrogens is 278 g/mol. The Bertz CT molecular complexity index is 589. The summed E-state index contributed by atoms with van der Waals surface area (Å²) in [7, 11) is 0. The molecule has 0 bridgehead atoms. The van der Waals surface area contributed by atoms with E-state index in [1.807, 2.05) is 18.2 Å². The van der Waals surface area contributed by atoms with Crippen LogP contribution in [0, 0.1) is 23.7 Å². The largest absolute Gasteiger partial charge is 0.396 e. The van der Waals surface area contributed by atoms with Gasteiger partial charge in [0, 0.05) is 18.6 Å². The van der Waals surface area contributed by atoms with Crippen LogP contribution in [0.25, 0.3) is 0 Å². The number of amides is 1. The molecule has 118 valence electrons. The molecule has 4 heteroatoms. The highest BCUT2D eigenvalue weighted by Crippen LogP contribution is 2.59. The first-order chi connectivity index (χ1) is 10.6. The number of carbonyl (C=O) groups excluding carboxylic acids is 1. The van der Waals surface area contributed by atoms with Gasteiger partial charge in [-0.15, -0.1) is 0 Å². The summed E-state index contributed by atoms with van der Waals surface area (Å²) in [5.41, 5.74) is 1.07. The number of hydrogen-bond acceptors (Lipinski definition) is 3. The molecule has 1 aromatic rings. The molecule has 2 heterocycles. The van der Waals surface area contributed by atoms with Gasteiger partial charge in [0.1, 0.15) is 0 Å². The van der Waals surface area contributed by atoms with Crippen molar-refractivity contribution in [2.45, 2.75) is 38.0 Å². The molecule has 0 radical (unpaired) electrons. The van der Waals surface area contributed by atoms with Gasteiger partial charge >= 0.3 is 0 Å². The minimum Gasteiger partial charge on any atom is -0.396 e. The molecule has 2 aliphatic heterocycles. The maximum absolute atomic E-state index is 12.5. The predicted molar refractivity (Wildman–Crippen MR) is 82.1 cm³/mol. The third-order valence-electron chi connectivity index (χ3n) is 6.24. The number of aliphatic hydroxyl groups excluding tert-OH is 1. The number of epoxide rings is 1. The summed E-state index contributed by atoms with van der Waals surface area (Å²) >= 11 is 0. The molecule has 2 N–H and O–H groups in total. The van der Waals surface area contributed by atoms with E-state index in [1.54, 1.807) is 0 Å². The normalized spacial score (nSPS) is 45.9. The van der Waals surface area contributed by atoms with Gasteiger partial charge < -0.3 is 15.2 Å². The van der Waals surface area contributed by atoms with Crippen molar-refractivity contribution in [1.29, 1.82) is 0 Å². The zero-order chi connectivity index (χ0) is 15.5. The zero-order valence-electron chi connectivity index (χ0n) is 13.0. The number of fused-ring (bicyclic) bond motifs is 2. The van der Waals surface area contributed by atoms with E-state index in [1.165, 1.54) is 5.56 Å². The lowest BCUT2D eigenvalue weighted by molar-refractivity contribution is -0.126. The number of carbonyl (C=O) groups is 1. The Hall–Kier alpha value is -1.39. The van der Waals surface area contributed by atoms with Crippen LogP contribution in [0.4, 0.5) is 0 Å². The molecule has 4 nitrogen and oxygen atoms in total. The molecule has 1 saturated carbocycles. The highest BCUT2D eigenvalue weighted by Gasteiger charge is 2.70. The van der Waals surface area contributed by atoms with Crippen molar-refractivity contribution in [2.24, 2.45) is 23.7 Å². The first-order valence-corrected chi connectivity index (χ1v) is 8.19. The molecule has 1 aliphatic carbocycles. The first kappa shape index (κ1) is 14.2. The average Bonchev–Trinajstić information content (AvgIpc) is 3.11. The second-order valence-corrected chi connectivity index (χ2v) is 7.27. The van der Waals surface area contributed by atoms with Crippen molar-refractivity contribution in [3.8, 4) is 0 Å². The summed E-state index contributed by atoms with van der Waals surface area (Å²) in [6.45, 7) is 4.35. The Morgan fingerprint density at radius 1 is 1.32 bits per heavy atom. The second kappa shape index (κ2) is 4.80. The van der Waals surface area contributed by atoms with Crippen LogP contribution < -0.4 is 5.32 Å². The smallest absolute Gasteiger partial charge is 0.224 e. The summed E-state index contributed by atoms with van der Waals surface area (Å²) in [5.74, 6) is 0.460. The van der Waals surface area contributed by atoms with Crippen LogP contribution in [0.15, 0.2) is 30.3 Å². The molecule has 1 amide bonds. The van der Waals surface area contributed by atoms with Crippen molar-refractivity contribution in [3.63, 3.8) is 0 Å². The van der Waals surface area contributed by atoms with E-state index >= 15 is 0 Å². The molecule has 0 spiro atoms. The second-order valence-electron chi connectivity index (χ2n) is 7.27. The van der Waals surface area contributed by atoms with Crippen molar-refractivity contribution >= 4 is 5.91 Å². The Balaban J connectivity index is 1.64. The number of nitrogens with one attached hydrogen (secondary N) is 1. The summed E-state index contributed by atoms with van der Waals surface area (Å²) in [4.78, 5) is 12.5. The van der Waals surface area contributed by atoms with Gasteiger partial charge in [-0.25, -0.2) is 0 Å². The number of rotatable bonds is 3. The lowest BCUT2D eigenvalue weighted by atomic mass is 9.62. The molecule has 3 aliphatic rings. The fourth-order valence-corrected chi connectivity index (χ4v) is 4.89. The Morgan fingerprint density at radius 2 is 2.05 bits per heavy atom. The fraction of sp³-hybridized carbons (Fsp3) is 0.611. The Kier molecular flexibility index (Phi) is 3.10. The van der Waals surface area contributed by atoms with Gasteiger partial charge in [-0.1, -0.05) is 37.3 Å². The van der Waals surface area contributed by atoms with Gasteiger partial charge in [-0.3, -0.25) is 4.79 Å². The van der Waals surface area contributed by atoms with Crippen LogP contribution >= 0.6 is 0 Å². The van der Waals surface area contributed by atoms with Gasteiger partial charge in [-0.05, 0) is 30.7 Å². The number of aliphatic hydroxyl groups is 1. The van der Waals surface area contributed by atoms with Crippen molar-refractivity contribution < 1.29 is 14.6 Å². The maximum atomic E-state index is 12.5. The van der Waals surface area contributed by atoms with Crippen molar-refractivity contribution in [1.82, 2.24) is 5.32 Å². The van der Waals surface area contributed by atoms with Crippen LogP contribution in [0.5, 0.6) is 0 Å². The molecule has 3 fully saturated rings. The molecule has 4 rings (SSSR count). The van der Waals surface area contributed by atoms with Gasteiger partial charge in [0.15, 0.2) is 0 Å². The predicted octanol–water partition coefficient (Wildman–Crippen LogP) is 1.38. The molecule has 2 saturated heterocycles. The quantitative estimate of drug-likeness (QED) is 0.829. The maximum Gasteiger partial charge on any atom is 0.224 e. The standard InChI is InChI=1S/C18H23NO3/c1-10-14-13(8-11-6-4-3-5-7-11)19-17(21)15(14)12(9-20)16-18(10,2)22-16/h3-7,10,12-16,20H,8-9H2,1-2H3,(H,19,21)/t10-,12+,13-,14-,15-,16-,18+/m0/s1. The molecule has 22 heavy (non-hydrogen) atoms. The summed E-state index contributed by atoms with van der Waals surface area (Å²) in [6, 6.07) is 10.4. The number of hydrogen-bond donors (Lipinski definition) is 2. The van der Waals surface area contributed by atoms with E-state index in [-0.39, 0.29) is 48.0 Å². The third-order valence-corrected chi connectivity index (χ3v) is 6.24. The van der Waals surface area contributed by atoms with Gasteiger partial charge in [0.2, 0.25) is 5.91 Å². The Labute approximate surface area is 130 Å². The topological polar surface area (TPSA) is 61.9 Å². The lowest BCUT2D eigenvalue weighted by Gasteiger charge is -2.38. The van der Waals surface area contributed by atoms with E-state index in [0.717, 1.165) is 6.42 Å². The zero-order valence-corrected chi connectivity index (χ0v) is 13.0. The monoisotopic (exact) mass is 301 g/mol. The van der Waals surface area contributed by atoms with Gasteiger partial charge in [0.25, 0.3) is 0 Å². The highest BCUT2D eigenvalue weighted by atomic mass is 16.6. The van der Waals surface area contributed by atoms with Crippen LogP contribution in [-0.2, 0) is 16.0 Å². The average molecular weight is 301 g/mol. The summed E-state index contributed by atoms with van der Waals surface area (Å²) < 4.78 is 5.92. The van der Waals surface area contributed by atoms with E-state index in [2.05, 4.69) is 31.3 Å². The molecule has 0 unspecified atom stereocenters. The van der Waals surface area contributed by atoms with Gasteiger partial charge in [0.05, 0.1) is 17.6 Å². The van der Waals surface area contributed by atoms with E-state index in [4.69, 9.17) is 4.74 Å². The summed E-state index contributed by atoms with van der Waals surface area (Å²) in [5, 5.41) is 13.0. The van der Waals surface area contributed by atoms with Crippen LogP contribution in [0.3, 0.4) is 0 Å². The van der Waals surface area contributed by atoms with E-state index in [0.29, 0.717) is 5.92 Å². The SMILES string of the molecule is C[C@H]1[C@@H]2[C@@H](C(=O)N[C@H]2Cc2ccccc2)[C@@H](CO)[C@@H]2O[C@]12C. The number of ether oxygens (including phenoxy) is 1. The minimum atomic E-state index is -0.171. The van der Waals surface area contributed by atoms with E-state index < -0.39 is 0 Å².